The lowest BCUT2D eigenvalue weighted by molar-refractivity contribution is 0.286. The molecule has 4 rings (SSSR count). The molecule has 24 heavy (non-hydrogen) atoms. The fourth-order valence-electron chi connectivity index (χ4n) is 3.72. The van der Waals surface area contributed by atoms with Gasteiger partial charge in [0.2, 0.25) is 0 Å². The van der Waals surface area contributed by atoms with Crippen molar-refractivity contribution < 1.29 is 4.74 Å². The van der Waals surface area contributed by atoms with E-state index in [0.717, 1.165) is 39.4 Å². The number of fused-ring (bicyclic) bond motifs is 2. The number of hydrogen-bond acceptors (Lipinski definition) is 3. The number of nitrogens with zero attached hydrogens (tertiary/aromatic N) is 2. The van der Waals surface area contributed by atoms with E-state index in [1.807, 2.05) is 20.8 Å². The highest BCUT2D eigenvalue weighted by molar-refractivity contribution is 6.04. The van der Waals surface area contributed by atoms with Crippen molar-refractivity contribution in [2.45, 2.75) is 40.3 Å². The quantitative estimate of drug-likeness (QED) is 0.681. The van der Waals surface area contributed by atoms with Crippen molar-refractivity contribution in [3.05, 3.63) is 50.0 Å². The van der Waals surface area contributed by atoms with Crippen LogP contribution in [0.1, 0.15) is 24.5 Å². The number of ether oxygens (including phenoxy) is 1. The Hall–Kier alpha value is -2.56. The molecule has 0 amide bonds. The molecule has 2 aromatic heterocycles. The molecule has 1 aliphatic rings. The first-order valence-electron chi connectivity index (χ1n) is 8.37. The van der Waals surface area contributed by atoms with E-state index in [4.69, 9.17) is 4.74 Å². The van der Waals surface area contributed by atoms with Crippen molar-refractivity contribution in [1.29, 1.82) is 0 Å². The molecule has 0 atom stereocenters. The van der Waals surface area contributed by atoms with Crippen LogP contribution in [0.3, 0.4) is 0 Å². The van der Waals surface area contributed by atoms with E-state index >= 15 is 0 Å². The van der Waals surface area contributed by atoms with Crippen LogP contribution in [0.15, 0.2) is 27.8 Å². The van der Waals surface area contributed by atoms with Gasteiger partial charge in [0.15, 0.2) is 5.75 Å². The second-order valence-corrected chi connectivity index (χ2v) is 6.48. The molecule has 0 spiro atoms. The molecule has 0 radical (unpaired) electrons. The van der Waals surface area contributed by atoms with Gasteiger partial charge in [-0.2, -0.15) is 0 Å². The van der Waals surface area contributed by atoms with Gasteiger partial charge in [-0.25, -0.2) is 0 Å². The Morgan fingerprint density at radius 3 is 2.38 bits per heavy atom. The van der Waals surface area contributed by atoms with Crippen LogP contribution in [-0.2, 0) is 13.1 Å². The van der Waals surface area contributed by atoms with E-state index in [2.05, 4.69) is 6.07 Å². The Bertz CT molecular complexity index is 1110. The molecule has 124 valence electrons. The van der Waals surface area contributed by atoms with Gasteiger partial charge in [0.05, 0.1) is 17.6 Å². The Morgan fingerprint density at radius 1 is 1.00 bits per heavy atom. The molecule has 0 N–H and O–H groups in total. The lowest BCUT2D eigenvalue weighted by atomic mass is 10.0. The van der Waals surface area contributed by atoms with Gasteiger partial charge < -0.3 is 13.9 Å². The first-order valence-corrected chi connectivity index (χ1v) is 8.37. The van der Waals surface area contributed by atoms with E-state index in [1.165, 1.54) is 0 Å². The number of rotatable bonds is 2. The molecule has 0 saturated heterocycles. The Labute approximate surface area is 139 Å². The average molecular weight is 324 g/mol. The Morgan fingerprint density at radius 2 is 1.67 bits per heavy atom. The Kier molecular flexibility index (Phi) is 3.27. The highest BCUT2D eigenvalue weighted by Crippen LogP contribution is 2.37. The summed E-state index contributed by atoms with van der Waals surface area (Å²) in [4.78, 5) is 24.9. The summed E-state index contributed by atoms with van der Waals surface area (Å²) >= 11 is 0. The van der Waals surface area contributed by atoms with Crippen LogP contribution in [0.2, 0.25) is 0 Å². The van der Waals surface area contributed by atoms with Crippen LogP contribution in [-0.4, -0.2) is 15.7 Å². The first-order chi connectivity index (χ1) is 11.5. The van der Waals surface area contributed by atoms with Crippen LogP contribution in [0, 0.1) is 13.8 Å². The smallest absolute Gasteiger partial charge is 0.251 e. The third kappa shape index (κ3) is 1.94. The van der Waals surface area contributed by atoms with Crippen molar-refractivity contribution in [2.75, 3.05) is 6.61 Å². The highest BCUT2D eigenvalue weighted by atomic mass is 16.5. The van der Waals surface area contributed by atoms with E-state index < -0.39 is 0 Å². The van der Waals surface area contributed by atoms with Gasteiger partial charge >= 0.3 is 0 Å². The normalized spacial score (nSPS) is 13.5. The summed E-state index contributed by atoms with van der Waals surface area (Å²) in [6, 6.07) is 5.46. The van der Waals surface area contributed by atoms with E-state index in [1.54, 1.807) is 21.3 Å². The minimum absolute atomic E-state index is 0.0130. The van der Waals surface area contributed by atoms with Crippen molar-refractivity contribution in [1.82, 2.24) is 9.13 Å². The molecular formula is C19H20N2O3. The standard InChI is InChI=1S/C19H20N2O3/c1-4-5-20-15(22)8-11(2)13-10-14-12(3)9-16(23)21-6-7-24-19(17(13)20)18(14)21/h8-10H,4-7H2,1-3H3. The van der Waals surface area contributed by atoms with Crippen LogP contribution >= 0.6 is 0 Å². The van der Waals surface area contributed by atoms with Gasteiger partial charge in [-0.15, -0.1) is 0 Å². The molecule has 0 aliphatic carbocycles. The third-order valence-corrected chi connectivity index (χ3v) is 4.84. The van der Waals surface area contributed by atoms with Crippen molar-refractivity contribution in [3.8, 4) is 5.75 Å². The van der Waals surface area contributed by atoms with Crippen LogP contribution in [0.5, 0.6) is 5.75 Å². The van der Waals surface area contributed by atoms with Gasteiger partial charge in [-0.1, -0.05) is 6.92 Å². The van der Waals surface area contributed by atoms with Gasteiger partial charge in [-0.05, 0) is 37.5 Å². The summed E-state index contributed by atoms with van der Waals surface area (Å²) in [6.07, 6.45) is 0.857. The zero-order chi connectivity index (χ0) is 17.0. The van der Waals surface area contributed by atoms with Crippen LogP contribution < -0.4 is 15.9 Å². The minimum atomic E-state index is -0.0202. The summed E-state index contributed by atoms with van der Waals surface area (Å²) < 4.78 is 9.54. The van der Waals surface area contributed by atoms with Gasteiger partial charge in [0.25, 0.3) is 11.1 Å². The number of hydrogen-bond donors (Lipinski definition) is 0. The molecule has 5 nitrogen and oxygen atoms in total. The molecule has 0 fully saturated rings. The van der Waals surface area contributed by atoms with E-state index in [-0.39, 0.29) is 11.1 Å². The maximum atomic E-state index is 12.5. The van der Waals surface area contributed by atoms with E-state index in [9.17, 15) is 9.59 Å². The molecule has 3 aromatic rings. The molecule has 1 aliphatic heterocycles. The minimum Gasteiger partial charge on any atom is -0.487 e. The van der Waals surface area contributed by atoms with Gasteiger partial charge in [-0.3, -0.25) is 9.59 Å². The number of benzene rings is 1. The lowest BCUT2D eigenvalue weighted by Gasteiger charge is -2.24. The average Bonchev–Trinajstić information content (AvgIpc) is 2.55. The maximum absolute atomic E-state index is 12.5. The zero-order valence-corrected chi connectivity index (χ0v) is 14.2. The molecule has 5 heteroatoms. The molecular weight excluding hydrogens is 304 g/mol. The number of aryl methyl sites for hydroxylation is 3. The molecule has 0 bridgehead atoms. The first kappa shape index (κ1) is 15.0. The molecule has 1 aromatic carbocycles. The van der Waals surface area contributed by atoms with Crippen LogP contribution in [0.25, 0.3) is 21.8 Å². The van der Waals surface area contributed by atoms with Crippen molar-refractivity contribution in [2.24, 2.45) is 0 Å². The summed E-state index contributed by atoms with van der Waals surface area (Å²) in [6.45, 7) is 7.56. The predicted molar refractivity (Wildman–Crippen MR) is 95.2 cm³/mol. The van der Waals surface area contributed by atoms with Crippen molar-refractivity contribution in [3.63, 3.8) is 0 Å². The Balaban J connectivity index is 2.33. The SMILES string of the molecule is CCCn1c(=O)cc(C)c2cc3c(C)cc(=O)n4c3c(c21)OCC4. The third-order valence-electron chi connectivity index (χ3n) is 4.84. The summed E-state index contributed by atoms with van der Waals surface area (Å²) in [5.74, 6) is 0.670. The zero-order valence-electron chi connectivity index (χ0n) is 14.2. The second kappa shape index (κ2) is 5.23. The predicted octanol–water partition coefficient (Wildman–Crippen LogP) is 2.74. The number of pyridine rings is 2. The maximum Gasteiger partial charge on any atom is 0.251 e. The van der Waals surface area contributed by atoms with Crippen LogP contribution in [0.4, 0.5) is 0 Å². The molecule has 0 unspecified atom stereocenters. The lowest BCUT2D eigenvalue weighted by Crippen LogP contribution is -2.28. The monoisotopic (exact) mass is 324 g/mol. The fourth-order valence-corrected chi connectivity index (χ4v) is 3.72. The van der Waals surface area contributed by atoms with E-state index in [0.29, 0.717) is 25.4 Å². The molecule has 0 saturated carbocycles. The fraction of sp³-hybridized carbons (Fsp3) is 0.368. The van der Waals surface area contributed by atoms with Crippen molar-refractivity contribution >= 4 is 21.8 Å². The highest BCUT2D eigenvalue weighted by Gasteiger charge is 2.22. The van der Waals surface area contributed by atoms with Gasteiger partial charge in [0.1, 0.15) is 6.61 Å². The van der Waals surface area contributed by atoms with Gasteiger partial charge in [0, 0.05) is 29.4 Å². The second-order valence-electron chi connectivity index (χ2n) is 6.48. The topological polar surface area (TPSA) is 53.2 Å². The largest absolute Gasteiger partial charge is 0.487 e. The molecule has 3 heterocycles. The summed E-state index contributed by atoms with van der Waals surface area (Å²) in [5, 5.41) is 2.03. The number of aromatic nitrogens is 2. The summed E-state index contributed by atoms with van der Waals surface area (Å²) in [5.41, 5.74) is 3.47. The summed E-state index contributed by atoms with van der Waals surface area (Å²) in [7, 11) is 0.